The van der Waals surface area contributed by atoms with Gasteiger partial charge in [-0.1, -0.05) is 0 Å². The average Bonchev–Trinajstić information content (AvgIpc) is 2.83. The number of aromatic nitrogens is 1. The van der Waals surface area contributed by atoms with E-state index in [0.717, 1.165) is 5.69 Å². The number of hydrogen-bond donors (Lipinski definition) is 1. The first-order valence-electron chi connectivity index (χ1n) is 3.13. The summed E-state index contributed by atoms with van der Waals surface area (Å²) in [5.41, 5.74) is 1.42. The predicted octanol–water partition coefficient (Wildman–Crippen LogP) is 2.42. The third kappa shape index (κ3) is 1.38. The van der Waals surface area contributed by atoms with E-state index in [2.05, 4.69) is 9.51 Å². The zero-order valence-corrected chi connectivity index (χ0v) is 8.83. The maximum atomic E-state index is 11.1. The second-order valence-electron chi connectivity index (χ2n) is 2.11. The minimum atomic E-state index is -0.350. The van der Waals surface area contributed by atoms with Crippen LogP contribution in [-0.4, -0.2) is 11.0 Å². The van der Waals surface area contributed by atoms with E-state index in [1.54, 1.807) is 6.20 Å². The molecule has 0 fully saturated rings. The quantitative estimate of drug-likeness (QED) is 0.775. The van der Waals surface area contributed by atoms with Crippen molar-refractivity contribution in [3.8, 4) is 0 Å². The Hall–Kier alpha value is -0.420. The summed E-state index contributed by atoms with van der Waals surface area (Å²) in [6.45, 7) is 0. The molecule has 4 nitrogen and oxygen atoms in total. The number of aromatic amines is 1. The molecule has 0 saturated carbocycles. The van der Waals surface area contributed by atoms with Crippen LogP contribution in [-0.2, 0) is 4.52 Å². The molecule has 7 heteroatoms. The minimum Gasteiger partial charge on any atom is -0.447 e. The summed E-state index contributed by atoms with van der Waals surface area (Å²) >= 11 is 0. The Morgan fingerprint density at radius 3 is 3.00 bits per heavy atom. The van der Waals surface area contributed by atoms with Gasteiger partial charge in [0.15, 0.2) is 0 Å². The van der Waals surface area contributed by atoms with Gasteiger partial charge in [-0.15, -0.1) is 0 Å². The molecule has 1 aromatic rings. The van der Waals surface area contributed by atoms with E-state index in [1.807, 2.05) is 20.0 Å². The first-order chi connectivity index (χ1) is 5.83. The van der Waals surface area contributed by atoms with Gasteiger partial charge in [-0.3, -0.25) is 4.44 Å². The number of nitrogens with one attached hydrogen (secondary N) is 1. The average molecular weight is 218 g/mol. The largest absolute Gasteiger partial charge is 0.447 e. The molecule has 1 unspecified atom stereocenters. The van der Waals surface area contributed by atoms with Gasteiger partial charge in [-0.05, 0) is 6.07 Å². The van der Waals surface area contributed by atoms with Crippen molar-refractivity contribution in [1.29, 1.82) is 0 Å². The molecule has 1 aromatic heterocycles. The van der Waals surface area contributed by atoms with Crippen molar-refractivity contribution < 1.29 is 9.32 Å². The van der Waals surface area contributed by atoms with Crippen LogP contribution in [0.5, 0.6) is 0 Å². The topological polar surface area (TPSA) is 45.1 Å². The molecule has 0 aromatic carbocycles. The molecule has 0 radical (unpaired) electrons. The Bertz CT molecular complexity index is 342. The number of carbonyl (C=O) groups excluding carboxylic acids is 1. The van der Waals surface area contributed by atoms with Gasteiger partial charge in [0.2, 0.25) is 0 Å². The second kappa shape index (κ2) is 3.14. The van der Waals surface area contributed by atoms with E-state index in [1.165, 1.54) is 16.0 Å². The number of carbonyl (C=O) groups is 1. The van der Waals surface area contributed by atoms with Crippen molar-refractivity contribution in [2.45, 2.75) is 0 Å². The first kappa shape index (κ1) is 8.19. The highest BCUT2D eigenvalue weighted by atomic mass is 31.8. The van der Waals surface area contributed by atoms with E-state index in [4.69, 9.17) is 0 Å². The van der Waals surface area contributed by atoms with Crippen LogP contribution in [0.4, 0.5) is 5.69 Å². The van der Waals surface area contributed by atoms with E-state index < -0.39 is 0 Å². The van der Waals surface area contributed by atoms with Crippen LogP contribution in [0.15, 0.2) is 12.3 Å². The summed E-state index contributed by atoms with van der Waals surface area (Å²) in [7, 11) is 4.36. The van der Waals surface area contributed by atoms with Gasteiger partial charge in [-0.25, -0.2) is 4.79 Å². The molecule has 12 heavy (non-hydrogen) atoms. The third-order valence-electron chi connectivity index (χ3n) is 1.43. The molecule has 0 bridgehead atoms. The summed E-state index contributed by atoms with van der Waals surface area (Å²) < 4.78 is 6.56. The smallest absolute Gasteiger partial charge is 0.359 e. The van der Waals surface area contributed by atoms with Crippen LogP contribution in [0.1, 0.15) is 10.5 Å². The Balaban J connectivity index is 2.29. The number of rotatable bonds is 2. The molecular formula is C5H5N2O2P3. The van der Waals surface area contributed by atoms with Gasteiger partial charge in [0.05, 0.1) is 31.2 Å². The number of hydrogen-bond acceptors (Lipinski definition) is 3. The van der Waals surface area contributed by atoms with Crippen LogP contribution in [0.3, 0.4) is 0 Å². The van der Waals surface area contributed by atoms with Crippen LogP contribution in [0.25, 0.3) is 0 Å². The predicted molar refractivity (Wildman–Crippen MR) is 52.2 cm³/mol. The maximum absolute atomic E-state index is 11.1. The fourth-order valence-corrected chi connectivity index (χ4v) is 2.25. The van der Waals surface area contributed by atoms with Crippen molar-refractivity contribution in [2.24, 2.45) is 0 Å². The lowest BCUT2D eigenvalue weighted by atomic mass is 10.4. The van der Waals surface area contributed by atoms with Crippen molar-refractivity contribution in [2.75, 3.05) is 4.44 Å². The normalized spacial score (nSPS) is 15.9. The highest BCUT2D eigenvalue weighted by Gasteiger charge is 2.21. The summed E-state index contributed by atoms with van der Waals surface area (Å²) in [5.74, 6) is -0.350. The lowest BCUT2D eigenvalue weighted by Gasteiger charge is -2.00. The van der Waals surface area contributed by atoms with Gasteiger partial charge in [-0.2, -0.15) is 0 Å². The van der Waals surface area contributed by atoms with Crippen LogP contribution < -0.4 is 4.44 Å². The highest BCUT2D eigenvalue weighted by Crippen LogP contribution is 2.50. The van der Waals surface area contributed by atoms with Gasteiger partial charge < -0.3 is 9.51 Å². The molecule has 1 N–H and O–H groups in total. The van der Waals surface area contributed by atoms with E-state index in [0.29, 0.717) is 5.69 Å². The van der Waals surface area contributed by atoms with Gasteiger partial charge in [0, 0.05) is 6.20 Å². The molecule has 1 atom stereocenters. The summed E-state index contributed by atoms with van der Waals surface area (Å²) in [6.07, 6.45) is 1.73. The van der Waals surface area contributed by atoms with E-state index in [-0.39, 0.29) is 5.97 Å². The Labute approximate surface area is 74.5 Å². The molecule has 0 amide bonds. The van der Waals surface area contributed by atoms with Gasteiger partial charge >= 0.3 is 5.97 Å². The summed E-state index contributed by atoms with van der Waals surface area (Å²) in [6, 6.07) is 1.86. The van der Waals surface area contributed by atoms with Crippen LogP contribution >= 0.6 is 25.5 Å². The number of H-pyrrole nitrogens is 1. The number of anilines is 1. The second-order valence-corrected chi connectivity index (χ2v) is 4.89. The molecule has 2 heterocycles. The molecule has 62 valence electrons. The zero-order chi connectivity index (χ0) is 8.55. The van der Waals surface area contributed by atoms with Gasteiger partial charge in [0.1, 0.15) is 5.69 Å². The van der Waals surface area contributed by atoms with Crippen LogP contribution in [0, 0.1) is 0 Å². The Morgan fingerprint density at radius 1 is 1.67 bits per heavy atom. The highest BCUT2D eigenvalue weighted by molar-refractivity contribution is 8.03. The molecule has 0 spiro atoms. The monoisotopic (exact) mass is 218 g/mol. The van der Waals surface area contributed by atoms with Gasteiger partial charge in [0.25, 0.3) is 0 Å². The summed E-state index contributed by atoms with van der Waals surface area (Å²) in [4.78, 5) is 14.0. The van der Waals surface area contributed by atoms with Crippen LogP contribution in [0.2, 0.25) is 0 Å². The zero-order valence-electron chi connectivity index (χ0n) is 5.89. The summed E-state index contributed by atoms with van der Waals surface area (Å²) in [5, 5.41) is 0. The molecule has 1 aliphatic heterocycles. The fraction of sp³-hybridized carbons (Fsp3) is 0. The minimum absolute atomic E-state index is 0.350. The standard InChI is InChI=1S/C5H5N2O2P3/c8-5(9-10)4-3(1-2-6-4)7-11-12-7/h1-2,6H,10H2. The van der Waals surface area contributed by atoms with Crippen molar-refractivity contribution in [3.05, 3.63) is 18.0 Å². The Morgan fingerprint density at radius 2 is 2.42 bits per heavy atom. The van der Waals surface area contributed by atoms with E-state index in [9.17, 15) is 4.79 Å². The fourth-order valence-electron chi connectivity index (χ4n) is 0.867. The van der Waals surface area contributed by atoms with Crippen molar-refractivity contribution in [3.63, 3.8) is 0 Å². The molecule has 2 rings (SSSR count). The van der Waals surface area contributed by atoms with E-state index >= 15 is 0 Å². The SMILES string of the molecule is O=C(OP)c1[nH]ccc1N1P=P1. The lowest BCUT2D eigenvalue weighted by Crippen LogP contribution is -2.01. The molecule has 0 aliphatic carbocycles. The lowest BCUT2D eigenvalue weighted by molar-refractivity contribution is 0.0761. The molecular weight excluding hydrogens is 213 g/mol. The van der Waals surface area contributed by atoms with Crippen molar-refractivity contribution in [1.82, 2.24) is 4.98 Å². The maximum Gasteiger partial charge on any atom is 0.359 e. The molecule has 1 aliphatic rings. The number of nitrogens with zero attached hydrogens (tertiary/aromatic N) is 1. The van der Waals surface area contributed by atoms with Crippen molar-refractivity contribution >= 4 is 37.2 Å². The molecule has 0 saturated heterocycles. The third-order valence-corrected chi connectivity index (χ3v) is 3.51. The first-order valence-corrected chi connectivity index (χ1v) is 6.00. The Kier molecular flexibility index (Phi) is 2.14.